The summed E-state index contributed by atoms with van der Waals surface area (Å²) in [6, 6.07) is 16.0. The first-order valence-corrected chi connectivity index (χ1v) is 9.31. The SMILES string of the molecule is CCCN1C(=O)C2C3c4ccccc4C(CO)(c4ccccc43)C2C1=O. The van der Waals surface area contributed by atoms with Gasteiger partial charge < -0.3 is 5.11 Å². The Morgan fingerprint density at radius 3 is 2.08 bits per heavy atom. The molecule has 0 radical (unpaired) electrons. The Balaban J connectivity index is 1.85. The zero-order valence-corrected chi connectivity index (χ0v) is 14.7. The molecule has 2 aromatic rings. The minimum atomic E-state index is -0.832. The second kappa shape index (κ2) is 5.27. The van der Waals surface area contributed by atoms with Crippen molar-refractivity contribution in [2.24, 2.45) is 11.8 Å². The number of imide groups is 1. The fourth-order valence-corrected chi connectivity index (χ4v) is 5.70. The highest BCUT2D eigenvalue weighted by Crippen LogP contribution is 2.63. The van der Waals surface area contributed by atoms with Crippen molar-refractivity contribution in [3.05, 3.63) is 70.8 Å². The third kappa shape index (κ3) is 1.59. The molecule has 2 bridgehead atoms. The Hall–Kier alpha value is -2.46. The summed E-state index contributed by atoms with van der Waals surface area (Å²) in [4.78, 5) is 28.0. The molecule has 4 aliphatic rings. The number of likely N-dealkylation sites (tertiary alicyclic amines) is 1. The largest absolute Gasteiger partial charge is 0.395 e. The Kier molecular flexibility index (Phi) is 3.20. The summed E-state index contributed by atoms with van der Waals surface area (Å²) in [6.45, 7) is 2.25. The van der Waals surface area contributed by atoms with Crippen LogP contribution in [0.5, 0.6) is 0 Å². The van der Waals surface area contributed by atoms with Crippen molar-refractivity contribution >= 4 is 11.8 Å². The van der Waals surface area contributed by atoms with Crippen molar-refractivity contribution in [3.8, 4) is 0 Å². The predicted octanol–water partition coefficient (Wildman–Crippen LogP) is 2.44. The molecule has 6 rings (SSSR count). The third-order valence-electron chi connectivity index (χ3n) is 6.58. The first-order chi connectivity index (χ1) is 12.7. The van der Waals surface area contributed by atoms with Gasteiger partial charge in [-0.15, -0.1) is 0 Å². The average molecular weight is 347 g/mol. The molecule has 1 saturated heterocycles. The lowest BCUT2D eigenvalue weighted by atomic mass is 9.47. The Labute approximate surface area is 152 Å². The first-order valence-electron chi connectivity index (χ1n) is 9.31. The van der Waals surface area contributed by atoms with Gasteiger partial charge in [-0.25, -0.2) is 0 Å². The Morgan fingerprint density at radius 1 is 0.962 bits per heavy atom. The smallest absolute Gasteiger partial charge is 0.234 e. The standard InChI is InChI=1S/C22H21NO3/c1-2-11-23-20(25)18-17-13-7-3-5-9-15(13)22(12-24,19(18)21(23)26)16-10-6-4-8-14(16)17/h3-10,17-19,24H,2,11-12H2,1H3. The van der Waals surface area contributed by atoms with Crippen molar-refractivity contribution in [2.75, 3.05) is 13.2 Å². The molecule has 1 heterocycles. The molecule has 1 aliphatic heterocycles. The zero-order chi connectivity index (χ0) is 18.1. The molecule has 2 atom stereocenters. The number of hydrogen-bond donors (Lipinski definition) is 1. The maximum atomic E-state index is 13.3. The second-order valence-electron chi connectivity index (χ2n) is 7.61. The van der Waals surface area contributed by atoms with Crippen LogP contribution < -0.4 is 0 Å². The molecule has 2 unspecified atom stereocenters. The predicted molar refractivity (Wildman–Crippen MR) is 96.6 cm³/mol. The summed E-state index contributed by atoms with van der Waals surface area (Å²) in [6.07, 6.45) is 0.744. The molecule has 0 saturated carbocycles. The van der Waals surface area contributed by atoms with Gasteiger partial charge in [-0.3, -0.25) is 14.5 Å². The Bertz CT molecular complexity index is 887. The van der Waals surface area contributed by atoms with E-state index in [1.165, 1.54) is 4.90 Å². The summed E-state index contributed by atoms with van der Waals surface area (Å²) >= 11 is 0. The van der Waals surface area contributed by atoms with Gasteiger partial charge in [-0.05, 0) is 28.7 Å². The number of rotatable bonds is 3. The average Bonchev–Trinajstić information content (AvgIpc) is 2.94. The molecule has 2 aromatic carbocycles. The lowest BCUT2D eigenvalue weighted by Crippen LogP contribution is -2.55. The highest BCUT2D eigenvalue weighted by molar-refractivity contribution is 6.08. The van der Waals surface area contributed by atoms with Crippen molar-refractivity contribution in [1.29, 1.82) is 0 Å². The van der Waals surface area contributed by atoms with Gasteiger partial charge in [0.15, 0.2) is 0 Å². The molecule has 4 nitrogen and oxygen atoms in total. The molecule has 3 aliphatic carbocycles. The van der Waals surface area contributed by atoms with Crippen molar-refractivity contribution < 1.29 is 14.7 Å². The maximum absolute atomic E-state index is 13.3. The number of nitrogens with zero attached hydrogens (tertiary/aromatic N) is 1. The first kappa shape index (κ1) is 15.8. The number of carbonyl (C=O) groups is 2. The van der Waals surface area contributed by atoms with Gasteiger partial charge in [0.1, 0.15) is 0 Å². The second-order valence-corrected chi connectivity index (χ2v) is 7.61. The number of carbonyl (C=O) groups excluding carboxylic acids is 2. The summed E-state index contributed by atoms with van der Waals surface area (Å²) in [5.41, 5.74) is 3.35. The summed E-state index contributed by atoms with van der Waals surface area (Å²) in [5, 5.41) is 10.6. The lowest BCUT2D eigenvalue weighted by Gasteiger charge is -2.53. The van der Waals surface area contributed by atoms with Crippen LogP contribution in [0.2, 0.25) is 0 Å². The maximum Gasteiger partial charge on any atom is 0.234 e. The van der Waals surface area contributed by atoms with E-state index in [4.69, 9.17) is 0 Å². The molecular weight excluding hydrogens is 326 g/mol. The van der Waals surface area contributed by atoms with Gasteiger partial charge in [0.05, 0.1) is 23.9 Å². The molecule has 2 amide bonds. The zero-order valence-electron chi connectivity index (χ0n) is 14.7. The van der Waals surface area contributed by atoms with E-state index in [-0.39, 0.29) is 24.3 Å². The fourth-order valence-electron chi connectivity index (χ4n) is 5.70. The molecular formula is C22H21NO3. The normalized spacial score (nSPS) is 31.0. The minimum Gasteiger partial charge on any atom is -0.395 e. The third-order valence-corrected chi connectivity index (χ3v) is 6.58. The minimum absolute atomic E-state index is 0.0753. The van der Waals surface area contributed by atoms with E-state index in [9.17, 15) is 14.7 Å². The van der Waals surface area contributed by atoms with Crippen LogP contribution in [0.4, 0.5) is 0 Å². The van der Waals surface area contributed by atoms with E-state index in [1.807, 2.05) is 43.3 Å². The van der Waals surface area contributed by atoms with Crippen LogP contribution in [0.1, 0.15) is 41.5 Å². The van der Waals surface area contributed by atoms with Crippen LogP contribution in [0.25, 0.3) is 0 Å². The number of aliphatic hydroxyl groups excluding tert-OH is 1. The van der Waals surface area contributed by atoms with Gasteiger partial charge in [0.2, 0.25) is 11.8 Å². The van der Waals surface area contributed by atoms with E-state index in [2.05, 4.69) is 12.1 Å². The quantitative estimate of drug-likeness (QED) is 0.868. The van der Waals surface area contributed by atoms with Crippen LogP contribution in [0.15, 0.2) is 48.5 Å². The molecule has 1 fully saturated rings. The summed E-state index contributed by atoms with van der Waals surface area (Å²) in [7, 11) is 0. The number of aliphatic hydroxyl groups is 1. The molecule has 0 aromatic heterocycles. The lowest BCUT2D eigenvalue weighted by molar-refractivity contribution is -0.140. The fraction of sp³-hybridized carbons (Fsp3) is 0.364. The van der Waals surface area contributed by atoms with Crippen LogP contribution >= 0.6 is 0 Å². The van der Waals surface area contributed by atoms with E-state index in [1.54, 1.807) is 0 Å². The van der Waals surface area contributed by atoms with Crippen LogP contribution in [-0.4, -0.2) is 35.0 Å². The van der Waals surface area contributed by atoms with Crippen molar-refractivity contribution in [1.82, 2.24) is 4.90 Å². The number of amides is 2. The topological polar surface area (TPSA) is 57.6 Å². The van der Waals surface area contributed by atoms with Gasteiger partial charge in [0.25, 0.3) is 0 Å². The van der Waals surface area contributed by atoms with E-state index < -0.39 is 17.3 Å². The van der Waals surface area contributed by atoms with Crippen LogP contribution in [0.3, 0.4) is 0 Å². The van der Waals surface area contributed by atoms with Gasteiger partial charge in [0, 0.05) is 12.5 Å². The van der Waals surface area contributed by atoms with E-state index in [0.29, 0.717) is 6.54 Å². The van der Waals surface area contributed by atoms with Gasteiger partial charge in [-0.2, -0.15) is 0 Å². The van der Waals surface area contributed by atoms with Gasteiger partial charge in [-0.1, -0.05) is 55.5 Å². The van der Waals surface area contributed by atoms with Crippen LogP contribution in [0, 0.1) is 11.8 Å². The van der Waals surface area contributed by atoms with Gasteiger partial charge >= 0.3 is 0 Å². The molecule has 26 heavy (non-hydrogen) atoms. The molecule has 132 valence electrons. The number of hydrogen-bond acceptors (Lipinski definition) is 3. The summed E-state index contributed by atoms with van der Waals surface area (Å²) in [5.74, 6) is -1.23. The van der Waals surface area contributed by atoms with Crippen LogP contribution in [-0.2, 0) is 15.0 Å². The molecule has 0 spiro atoms. The van der Waals surface area contributed by atoms with Crippen molar-refractivity contribution in [2.45, 2.75) is 24.7 Å². The molecule has 1 N–H and O–H groups in total. The Morgan fingerprint density at radius 2 is 1.54 bits per heavy atom. The van der Waals surface area contributed by atoms with E-state index in [0.717, 1.165) is 28.7 Å². The molecule has 4 heteroatoms. The monoisotopic (exact) mass is 347 g/mol. The highest BCUT2D eigenvalue weighted by Gasteiger charge is 2.67. The summed E-state index contributed by atoms with van der Waals surface area (Å²) < 4.78 is 0. The van der Waals surface area contributed by atoms with E-state index >= 15 is 0 Å². The number of benzene rings is 2. The highest BCUT2D eigenvalue weighted by atomic mass is 16.3. The van der Waals surface area contributed by atoms with Crippen molar-refractivity contribution in [3.63, 3.8) is 0 Å².